The summed E-state index contributed by atoms with van der Waals surface area (Å²) in [4.78, 5) is 7.99. The van der Waals surface area contributed by atoms with E-state index in [4.69, 9.17) is 10.6 Å². The van der Waals surface area contributed by atoms with Crippen LogP contribution in [0.1, 0.15) is 24.6 Å². The van der Waals surface area contributed by atoms with E-state index in [1.165, 1.54) is 6.33 Å². The molecule has 0 aliphatic rings. The average Bonchev–Trinajstić information content (AvgIpc) is 2.26. The molecular formula is C9H16N4O. The van der Waals surface area contributed by atoms with Gasteiger partial charge in [-0.15, -0.1) is 0 Å². The highest BCUT2D eigenvalue weighted by Crippen LogP contribution is 2.13. The van der Waals surface area contributed by atoms with E-state index < -0.39 is 0 Å². The number of nitrogens with zero attached hydrogens (tertiary/aromatic N) is 2. The molecule has 1 unspecified atom stereocenters. The third-order valence-electron chi connectivity index (χ3n) is 2.00. The lowest BCUT2D eigenvalue weighted by atomic mass is 10.1. The molecule has 0 fully saturated rings. The highest BCUT2D eigenvalue weighted by molar-refractivity contribution is 5.03. The van der Waals surface area contributed by atoms with Crippen LogP contribution >= 0.6 is 0 Å². The van der Waals surface area contributed by atoms with E-state index in [0.717, 1.165) is 25.1 Å². The van der Waals surface area contributed by atoms with Gasteiger partial charge in [0.2, 0.25) is 0 Å². The van der Waals surface area contributed by atoms with E-state index in [0.29, 0.717) is 0 Å². The van der Waals surface area contributed by atoms with Gasteiger partial charge in [-0.25, -0.2) is 9.97 Å². The summed E-state index contributed by atoms with van der Waals surface area (Å²) in [5.74, 6) is 5.44. The summed E-state index contributed by atoms with van der Waals surface area (Å²) < 4.78 is 4.97. The molecule has 0 aliphatic carbocycles. The number of ether oxygens (including phenoxy) is 1. The van der Waals surface area contributed by atoms with Gasteiger partial charge >= 0.3 is 0 Å². The van der Waals surface area contributed by atoms with Gasteiger partial charge in [-0.05, 0) is 18.9 Å². The van der Waals surface area contributed by atoms with Gasteiger partial charge in [0.05, 0.1) is 11.7 Å². The second kappa shape index (κ2) is 6.42. The summed E-state index contributed by atoms with van der Waals surface area (Å²) >= 11 is 0. The Morgan fingerprint density at radius 3 is 3.07 bits per heavy atom. The van der Waals surface area contributed by atoms with Gasteiger partial charge in [0.25, 0.3) is 0 Å². The molecular weight excluding hydrogens is 180 g/mol. The normalized spacial score (nSPS) is 12.7. The fourth-order valence-corrected chi connectivity index (χ4v) is 1.26. The van der Waals surface area contributed by atoms with E-state index in [-0.39, 0.29) is 6.04 Å². The van der Waals surface area contributed by atoms with Crippen molar-refractivity contribution in [2.45, 2.75) is 18.9 Å². The van der Waals surface area contributed by atoms with E-state index >= 15 is 0 Å². The summed E-state index contributed by atoms with van der Waals surface area (Å²) in [6, 6.07) is 1.94. The predicted molar refractivity (Wildman–Crippen MR) is 53.2 cm³/mol. The molecule has 0 bridgehead atoms. The minimum absolute atomic E-state index is 0.0770. The SMILES string of the molecule is COCCCC(NN)c1ccncn1. The zero-order valence-electron chi connectivity index (χ0n) is 8.31. The summed E-state index contributed by atoms with van der Waals surface area (Å²) in [7, 11) is 1.69. The maximum absolute atomic E-state index is 5.44. The van der Waals surface area contributed by atoms with Gasteiger partial charge in [-0.2, -0.15) is 0 Å². The van der Waals surface area contributed by atoms with Crippen molar-refractivity contribution in [1.82, 2.24) is 15.4 Å². The molecule has 1 aromatic heterocycles. The molecule has 14 heavy (non-hydrogen) atoms. The predicted octanol–water partition coefficient (Wildman–Crippen LogP) is 0.408. The molecule has 1 heterocycles. The van der Waals surface area contributed by atoms with Crippen LogP contribution in [0.2, 0.25) is 0 Å². The molecule has 0 aromatic carbocycles. The number of nitrogens with two attached hydrogens (primary N) is 1. The number of methoxy groups -OCH3 is 1. The van der Waals surface area contributed by atoms with Gasteiger partial charge in [0.1, 0.15) is 6.33 Å². The lowest BCUT2D eigenvalue weighted by molar-refractivity contribution is 0.188. The summed E-state index contributed by atoms with van der Waals surface area (Å²) in [5, 5.41) is 0. The Hall–Kier alpha value is -1.04. The topological polar surface area (TPSA) is 73.1 Å². The minimum atomic E-state index is 0.0770. The molecule has 0 aliphatic heterocycles. The fraction of sp³-hybridized carbons (Fsp3) is 0.556. The van der Waals surface area contributed by atoms with Crippen LogP contribution in [0.25, 0.3) is 0 Å². The molecule has 1 aromatic rings. The minimum Gasteiger partial charge on any atom is -0.385 e. The average molecular weight is 196 g/mol. The van der Waals surface area contributed by atoms with Gasteiger partial charge in [-0.1, -0.05) is 0 Å². The zero-order chi connectivity index (χ0) is 10.2. The van der Waals surface area contributed by atoms with E-state index in [1.54, 1.807) is 13.3 Å². The number of hydrogen-bond acceptors (Lipinski definition) is 5. The molecule has 1 atom stereocenters. The number of nitrogens with one attached hydrogen (secondary N) is 1. The first-order valence-corrected chi connectivity index (χ1v) is 4.59. The van der Waals surface area contributed by atoms with Crippen molar-refractivity contribution < 1.29 is 4.74 Å². The van der Waals surface area contributed by atoms with Crippen LogP contribution in [0.3, 0.4) is 0 Å². The second-order valence-electron chi connectivity index (χ2n) is 2.99. The molecule has 5 nitrogen and oxygen atoms in total. The van der Waals surface area contributed by atoms with Crippen molar-refractivity contribution in [1.29, 1.82) is 0 Å². The van der Waals surface area contributed by atoms with Crippen LogP contribution in [-0.4, -0.2) is 23.7 Å². The van der Waals surface area contributed by atoms with Gasteiger partial charge in [0.15, 0.2) is 0 Å². The number of hydrazine groups is 1. The largest absolute Gasteiger partial charge is 0.385 e. The Bertz CT molecular complexity index is 242. The van der Waals surface area contributed by atoms with Gasteiger partial charge in [0, 0.05) is 19.9 Å². The lowest BCUT2D eigenvalue weighted by Crippen LogP contribution is -2.28. The molecule has 78 valence electrons. The molecule has 0 radical (unpaired) electrons. The van der Waals surface area contributed by atoms with E-state index in [9.17, 15) is 0 Å². The Kier molecular flexibility index (Phi) is 5.06. The molecule has 0 amide bonds. The monoisotopic (exact) mass is 196 g/mol. The van der Waals surface area contributed by atoms with Crippen LogP contribution in [0.15, 0.2) is 18.6 Å². The van der Waals surface area contributed by atoms with Crippen molar-refractivity contribution in [3.8, 4) is 0 Å². The summed E-state index contributed by atoms with van der Waals surface area (Å²) in [6.07, 6.45) is 5.09. The van der Waals surface area contributed by atoms with Crippen LogP contribution in [0, 0.1) is 0 Å². The first-order chi connectivity index (χ1) is 6.88. The molecule has 0 saturated carbocycles. The standard InChI is InChI=1S/C9H16N4O/c1-14-6-2-3-9(13-10)8-4-5-11-7-12-8/h4-5,7,9,13H,2-3,6,10H2,1H3. The van der Waals surface area contributed by atoms with Gasteiger partial charge in [-0.3, -0.25) is 11.3 Å². The van der Waals surface area contributed by atoms with Crippen molar-refractivity contribution in [2.75, 3.05) is 13.7 Å². The Balaban J connectivity index is 2.46. The van der Waals surface area contributed by atoms with Crippen LogP contribution in [-0.2, 0) is 4.74 Å². The smallest absolute Gasteiger partial charge is 0.115 e. The molecule has 0 spiro atoms. The Morgan fingerprint density at radius 1 is 1.64 bits per heavy atom. The molecule has 3 N–H and O–H groups in total. The fourth-order valence-electron chi connectivity index (χ4n) is 1.26. The van der Waals surface area contributed by atoms with Crippen molar-refractivity contribution in [3.63, 3.8) is 0 Å². The second-order valence-corrected chi connectivity index (χ2v) is 2.99. The van der Waals surface area contributed by atoms with Crippen molar-refractivity contribution in [3.05, 3.63) is 24.3 Å². The van der Waals surface area contributed by atoms with E-state index in [1.807, 2.05) is 6.07 Å². The highest BCUT2D eigenvalue weighted by Gasteiger charge is 2.09. The molecule has 0 saturated heterocycles. The zero-order valence-corrected chi connectivity index (χ0v) is 8.31. The van der Waals surface area contributed by atoms with Crippen LogP contribution in [0.5, 0.6) is 0 Å². The van der Waals surface area contributed by atoms with Crippen LogP contribution in [0.4, 0.5) is 0 Å². The summed E-state index contributed by atoms with van der Waals surface area (Å²) in [5.41, 5.74) is 3.65. The number of aromatic nitrogens is 2. The molecule has 5 heteroatoms. The quantitative estimate of drug-likeness (QED) is 0.391. The first-order valence-electron chi connectivity index (χ1n) is 4.59. The summed E-state index contributed by atoms with van der Waals surface area (Å²) in [6.45, 7) is 0.739. The number of hydrogen-bond donors (Lipinski definition) is 2. The first kappa shape index (κ1) is 11.0. The molecule has 1 rings (SSSR count). The van der Waals surface area contributed by atoms with Crippen molar-refractivity contribution in [2.24, 2.45) is 5.84 Å². The maximum atomic E-state index is 5.44. The highest BCUT2D eigenvalue weighted by atomic mass is 16.5. The Morgan fingerprint density at radius 2 is 2.50 bits per heavy atom. The third kappa shape index (κ3) is 3.37. The van der Waals surface area contributed by atoms with Gasteiger partial charge < -0.3 is 4.74 Å². The number of rotatable bonds is 6. The van der Waals surface area contributed by atoms with Crippen molar-refractivity contribution >= 4 is 0 Å². The van der Waals surface area contributed by atoms with Crippen LogP contribution < -0.4 is 11.3 Å². The van der Waals surface area contributed by atoms with E-state index in [2.05, 4.69) is 15.4 Å². The third-order valence-corrected chi connectivity index (χ3v) is 2.00. The maximum Gasteiger partial charge on any atom is 0.115 e. The lowest BCUT2D eigenvalue weighted by Gasteiger charge is -2.14. The Labute approximate surface area is 83.7 Å².